The van der Waals surface area contributed by atoms with Gasteiger partial charge in [0.05, 0.1) is 10.8 Å². The third-order valence-electron chi connectivity index (χ3n) is 7.43. The van der Waals surface area contributed by atoms with Crippen molar-refractivity contribution in [3.05, 3.63) is 71.8 Å². The quantitative estimate of drug-likeness (QED) is 0.722. The summed E-state index contributed by atoms with van der Waals surface area (Å²) in [5.41, 5.74) is 2.05. The Balaban J connectivity index is 1.71. The van der Waals surface area contributed by atoms with Crippen molar-refractivity contribution >= 4 is 17.7 Å². The lowest BCUT2D eigenvalue weighted by Gasteiger charge is -2.48. The first kappa shape index (κ1) is 16.4. The molecule has 2 heterocycles. The van der Waals surface area contributed by atoms with E-state index in [0.29, 0.717) is 11.8 Å². The van der Waals surface area contributed by atoms with Crippen LogP contribution in [0.3, 0.4) is 0 Å². The molecule has 1 amide bonds. The maximum atomic E-state index is 13.6. The van der Waals surface area contributed by atoms with Crippen LogP contribution in [0.15, 0.2) is 60.7 Å². The van der Waals surface area contributed by atoms with E-state index in [9.17, 15) is 4.79 Å². The minimum Gasteiger partial charge on any atom is -0.325 e. The van der Waals surface area contributed by atoms with Crippen molar-refractivity contribution < 1.29 is 4.79 Å². The van der Waals surface area contributed by atoms with Gasteiger partial charge in [0.15, 0.2) is 0 Å². The molecule has 2 nitrogen and oxygen atoms in total. The van der Waals surface area contributed by atoms with Crippen LogP contribution in [0.25, 0.3) is 0 Å². The van der Waals surface area contributed by atoms with Crippen LogP contribution < -0.4 is 0 Å². The lowest BCUT2D eigenvalue weighted by Crippen LogP contribution is -2.64. The minimum absolute atomic E-state index is 0.102. The topological polar surface area (TPSA) is 20.3 Å². The first-order valence-electron chi connectivity index (χ1n) is 9.51. The predicted octanol–water partition coefficient (Wildman–Crippen LogP) is 4.69. The van der Waals surface area contributed by atoms with Crippen LogP contribution in [-0.4, -0.2) is 27.0 Å². The average molecular weight is 364 g/mol. The third kappa shape index (κ3) is 1.56. The molecule has 1 saturated carbocycles. The van der Waals surface area contributed by atoms with Crippen molar-refractivity contribution in [2.75, 3.05) is 0 Å². The average Bonchev–Trinajstić information content (AvgIpc) is 3.18. The summed E-state index contributed by atoms with van der Waals surface area (Å²) in [7, 11) is 0. The van der Waals surface area contributed by atoms with E-state index in [1.54, 1.807) is 0 Å². The summed E-state index contributed by atoms with van der Waals surface area (Å²) in [6, 6.07) is 21.7. The fraction of sp³-hybridized carbons (Fsp3) is 0.435. The molecule has 0 aromatic heterocycles. The van der Waals surface area contributed by atoms with E-state index >= 15 is 0 Å². The van der Waals surface area contributed by atoms with Gasteiger partial charge in [-0.05, 0) is 37.8 Å². The van der Waals surface area contributed by atoms with E-state index in [1.807, 2.05) is 11.8 Å². The number of thioether (sulfide) groups is 1. The number of nitrogens with zero attached hydrogens (tertiary/aromatic N) is 1. The second-order valence-electron chi connectivity index (χ2n) is 8.59. The second-order valence-corrected chi connectivity index (χ2v) is 10.3. The van der Waals surface area contributed by atoms with Crippen molar-refractivity contribution in [3.8, 4) is 0 Å². The summed E-state index contributed by atoms with van der Waals surface area (Å²) in [6.45, 7) is 9.05. The van der Waals surface area contributed by atoms with Crippen LogP contribution in [-0.2, 0) is 10.2 Å². The van der Waals surface area contributed by atoms with E-state index in [-0.39, 0.29) is 27.0 Å². The number of carbonyl (C=O) groups is 1. The lowest BCUT2D eigenvalue weighted by molar-refractivity contribution is -0.158. The van der Waals surface area contributed by atoms with Crippen LogP contribution in [0, 0.1) is 11.3 Å². The van der Waals surface area contributed by atoms with Gasteiger partial charge in [0.1, 0.15) is 0 Å². The van der Waals surface area contributed by atoms with Gasteiger partial charge < -0.3 is 4.90 Å². The summed E-state index contributed by atoms with van der Waals surface area (Å²) in [6.07, 6.45) is 0. The van der Waals surface area contributed by atoms with Crippen LogP contribution in [0.2, 0.25) is 0 Å². The predicted molar refractivity (Wildman–Crippen MR) is 107 cm³/mol. The van der Waals surface area contributed by atoms with Crippen molar-refractivity contribution in [2.45, 2.75) is 49.3 Å². The SMILES string of the molecule is CC1C(c2ccccc2)(c2ccccc2)C12C(=O)N1[C@@H](C)C(C)(C)S[C@@H]12. The molecule has 2 unspecified atom stereocenters. The number of benzene rings is 2. The molecule has 5 rings (SSSR count). The highest BCUT2D eigenvalue weighted by molar-refractivity contribution is 8.01. The molecule has 26 heavy (non-hydrogen) atoms. The van der Waals surface area contributed by atoms with Gasteiger partial charge >= 0.3 is 0 Å². The fourth-order valence-corrected chi connectivity index (χ4v) is 7.78. The van der Waals surface area contributed by atoms with E-state index in [2.05, 4.69) is 93.3 Å². The molecule has 0 radical (unpaired) electrons. The molecule has 2 aromatic carbocycles. The zero-order valence-electron chi connectivity index (χ0n) is 15.8. The Hall–Kier alpha value is -1.74. The number of hydrogen-bond donors (Lipinski definition) is 0. The standard InChI is InChI=1S/C23H25NOS/c1-15-22(17-11-7-5-8-12-17,18-13-9-6-10-14-18)23(15)19(25)24-16(2)21(3,4)26-20(23)24/h5-16,20H,1-4H3/t15?,16-,20+,23?/m0/s1. The highest BCUT2D eigenvalue weighted by Gasteiger charge is 2.90. The van der Waals surface area contributed by atoms with Gasteiger partial charge in [-0.25, -0.2) is 0 Å². The maximum absolute atomic E-state index is 13.6. The number of fused-ring (bicyclic) bond motifs is 2. The highest BCUT2D eigenvalue weighted by Crippen LogP contribution is 2.82. The Labute approximate surface area is 160 Å². The normalized spacial score (nSPS) is 35.9. The number of carbonyl (C=O) groups excluding carboxylic acids is 1. The van der Waals surface area contributed by atoms with E-state index in [1.165, 1.54) is 11.1 Å². The summed E-state index contributed by atoms with van der Waals surface area (Å²) < 4.78 is 0.102. The Kier molecular flexibility index (Phi) is 3.13. The molecule has 2 saturated heterocycles. The fourth-order valence-electron chi connectivity index (χ4n) is 5.83. The maximum Gasteiger partial charge on any atom is 0.234 e. The Morgan fingerprint density at radius 3 is 1.88 bits per heavy atom. The monoisotopic (exact) mass is 363 g/mol. The van der Waals surface area contributed by atoms with Gasteiger partial charge in [-0.15, -0.1) is 11.8 Å². The van der Waals surface area contributed by atoms with Gasteiger partial charge in [-0.3, -0.25) is 4.79 Å². The summed E-state index contributed by atoms with van der Waals surface area (Å²) in [5, 5.41) is 0.274. The lowest BCUT2D eigenvalue weighted by atomic mass is 9.75. The molecule has 4 atom stereocenters. The molecule has 0 bridgehead atoms. The number of hydrogen-bond acceptors (Lipinski definition) is 2. The molecule has 0 N–H and O–H groups in total. The summed E-state index contributed by atoms with van der Waals surface area (Å²) in [4.78, 5) is 15.8. The Morgan fingerprint density at radius 1 is 0.885 bits per heavy atom. The first-order valence-corrected chi connectivity index (χ1v) is 10.4. The van der Waals surface area contributed by atoms with Crippen LogP contribution in [0.5, 0.6) is 0 Å². The Bertz CT molecular complexity index is 838. The summed E-state index contributed by atoms with van der Waals surface area (Å²) >= 11 is 2.00. The number of amides is 1. The third-order valence-corrected chi connectivity index (χ3v) is 9.20. The van der Waals surface area contributed by atoms with Gasteiger partial charge in [-0.2, -0.15) is 0 Å². The second kappa shape index (κ2) is 4.95. The minimum atomic E-state index is -0.303. The molecular formula is C23H25NOS. The zero-order valence-corrected chi connectivity index (χ0v) is 16.6. The zero-order chi connectivity index (χ0) is 18.3. The van der Waals surface area contributed by atoms with E-state index in [0.717, 1.165) is 0 Å². The highest BCUT2D eigenvalue weighted by atomic mass is 32.2. The van der Waals surface area contributed by atoms with E-state index < -0.39 is 0 Å². The molecule has 2 aromatic rings. The molecule has 2 aliphatic heterocycles. The van der Waals surface area contributed by atoms with Crippen molar-refractivity contribution in [2.24, 2.45) is 11.3 Å². The van der Waals surface area contributed by atoms with Gasteiger partial charge in [-0.1, -0.05) is 67.6 Å². The van der Waals surface area contributed by atoms with Crippen LogP contribution in [0.1, 0.15) is 38.8 Å². The molecule has 1 spiro atoms. The molecular weight excluding hydrogens is 338 g/mol. The van der Waals surface area contributed by atoms with Crippen molar-refractivity contribution in [1.82, 2.24) is 4.90 Å². The van der Waals surface area contributed by atoms with Crippen LogP contribution in [0.4, 0.5) is 0 Å². The van der Waals surface area contributed by atoms with Gasteiger partial charge in [0.2, 0.25) is 5.91 Å². The van der Waals surface area contributed by atoms with E-state index in [4.69, 9.17) is 0 Å². The van der Waals surface area contributed by atoms with Gasteiger partial charge in [0.25, 0.3) is 0 Å². The summed E-state index contributed by atoms with van der Waals surface area (Å²) in [5.74, 6) is 0.662. The smallest absolute Gasteiger partial charge is 0.234 e. The molecule has 134 valence electrons. The van der Waals surface area contributed by atoms with Crippen molar-refractivity contribution in [3.63, 3.8) is 0 Å². The molecule has 3 fully saturated rings. The number of rotatable bonds is 2. The largest absolute Gasteiger partial charge is 0.325 e. The molecule has 1 aliphatic carbocycles. The van der Waals surface area contributed by atoms with Gasteiger partial charge in [0, 0.05) is 16.2 Å². The van der Waals surface area contributed by atoms with Crippen LogP contribution >= 0.6 is 11.8 Å². The number of β-lactam (4-membered cyclic amide) rings is 1. The Morgan fingerprint density at radius 2 is 1.38 bits per heavy atom. The first-order chi connectivity index (χ1) is 12.4. The molecule has 3 heteroatoms. The van der Waals surface area contributed by atoms with Crippen molar-refractivity contribution in [1.29, 1.82) is 0 Å². The molecule has 3 aliphatic rings.